The summed E-state index contributed by atoms with van der Waals surface area (Å²) >= 11 is 4.85. The van der Waals surface area contributed by atoms with Crippen molar-refractivity contribution in [3.63, 3.8) is 0 Å². The Labute approximate surface area is 151 Å². The lowest BCUT2D eigenvalue weighted by atomic mass is 10.1. The standard InChI is InChI=1S/C15H15BrN6OS/c1-9-17-18-13-3-4-14(19-22(9)13)21-6-11(7-21)20(2)15(23)12-5-10(16)8-24-12/h3-5,8,11H,6-7H2,1-2H3. The molecule has 0 unspecified atom stereocenters. The fourth-order valence-electron chi connectivity index (χ4n) is 2.71. The zero-order valence-electron chi connectivity index (χ0n) is 13.2. The van der Waals surface area contributed by atoms with Gasteiger partial charge in [0, 0.05) is 30.0 Å². The van der Waals surface area contributed by atoms with Gasteiger partial charge in [-0.15, -0.1) is 26.6 Å². The Morgan fingerprint density at radius 3 is 2.88 bits per heavy atom. The van der Waals surface area contributed by atoms with Gasteiger partial charge in [-0.1, -0.05) is 0 Å². The number of nitrogens with zero attached hydrogens (tertiary/aromatic N) is 6. The molecule has 4 rings (SSSR count). The van der Waals surface area contributed by atoms with Crippen molar-refractivity contribution in [3.8, 4) is 0 Å². The lowest BCUT2D eigenvalue weighted by Crippen LogP contribution is -2.60. The van der Waals surface area contributed by atoms with Crippen LogP contribution in [-0.4, -0.2) is 56.8 Å². The molecular weight excluding hydrogens is 392 g/mol. The zero-order chi connectivity index (χ0) is 16.8. The summed E-state index contributed by atoms with van der Waals surface area (Å²) in [4.78, 5) is 17.2. The van der Waals surface area contributed by atoms with Gasteiger partial charge in [-0.05, 0) is 41.1 Å². The average Bonchev–Trinajstić information content (AvgIpc) is 3.12. The maximum absolute atomic E-state index is 12.5. The molecule has 0 saturated carbocycles. The normalized spacial score (nSPS) is 14.9. The SMILES string of the molecule is Cc1nnc2ccc(N3CC(N(C)C(=O)c4cc(Br)cs4)C3)nn12. The summed E-state index contributed by atoms with van der Waals surface area (Å²) in [5.41, 5.74) is 0.740. The maximum atomic E-state index is 12.5. The van der Waals surface area contributed by atoms with Crippen LogP contribution in [0.2, 0.25) is 0 Å². The first-order valence-electron chi connectivity index (χ1n) is 7.48. The minimum atomic E-state index is 0.0633. The molecule has 0 aliphatic carbocycles. The number of aryl methyl sites for hydroxylation is 1. The molecule has 3 aromatic rings. The zero-order valence-corrected chi connectivity index (χ0v) is 15.6. The van der Waals surface area contributed by atoms with Gasteiger partial charge in [0.25, 0.3) is 5.91 Å². The third-order valence-electron chi connectivity index (χ3n) is 4.24. The number of halogens is 1. The number of carbonyl (C=O) groups excluding carboxylic acids is 1. The smallest absolute Gasteiger partial charge is 0.264 e. The molecule has 0 N–H and O–H groups in total. The van der Waals surface area contributed by atoms with E-state index in [-0.39, 0.29) is 11.9 Å². The van der Waals surface area contributed by atoms with Gasteiger partial charge in [-0.2, -0.15) is 4.52 Å². The molecule has 1 amide bonds. The van der Waals surface area contributed by atoms with Crippen molar-refractivity contribution >= 4 is 44.6 Å². The van der Waals surface area contributed by atoms with Crippen LogP contribution < -0.4 is 4.90 Å². The number of rotatable bonds is 3. The van der Waals surface area contributed by atoms with Crippen molar-refractivity contribution in [3.05, 3.63) is 38.8 Å². The number of aromatic nitrogens is 4. The molecule has 4 heterocycles. The lowest BCUT2D eigenvalue weighted by molar-refractivity contribution is 0.0710. The first-order valence-corrected chi connectivity index (χ1v) is 9.15. The number of anilines is 1. The Kier molecular flexibility index (Phi) is 3.76. The van der Waals surface area contributed by atoms with Crippen molar-refractivity contribution in [1.29, 1.82) is 0 Å². The minimum Gasteiger partial charge on any atom is -0.351 e. The fraction of sp³-hybridized carbons (Fsp3) is 0.333. The van der Waals surface area contributed by atoms with Crippen molar-refractivity contribution < 1.29 is 4.79 Å². The van der Waals surface area contributed by atoms with Gasteiger partial charge >= 0.3 is 0 Å². The lowest BCUT2D eigenvalue weighted by Gasteiger charge is -2.44. The van der Waals surface area contributed by atoms with Gasteiger partial charge in [0.2, 0.25) is 0 Å². The highest BCUT2D eigenvalue weighted by Gasteiger charge is 2.34. The second kappa shape index (κ2) is 5.82. The summed E-state index contributed by atoms with van der Waals surface area (Å²) in [5.74, 6) is 1.70. The van der Waals surface area contributed by atoms with E-state index in [4.69, 9.17) is 0 Å². The molecule has 3 aromatic heterocycles. The van der Waals surface area contributed by atoms with Gasteiger partial charge in [-0.25, -0.2) is 0 Å². The van der Waals surface area contributed by atoms with Crippen LogP contribution >= 0.6 is 27.3 Å². The summed E-state index contributed by atoms with van der Waals surface area (Å²) in [7, 11) is 1.86. The van der Waals surface area contributed by atoms with E-state index in [1.54, 1.807) is 4.52 Å². The summed E-state index contributed by atoms with van der Waals surface area (Å²) in [6.07, 6.45) is 0. The molecule has 1 fully saturated rings. The van der Waals surface area contributed by atoms with Crippen LogP contribution in [0.25, 0.3) is 5.65 Å². The van der Waals surface area contributed by atoms with Crippen LogP contribution in [0.1, 0.15) is 15.5 Å². The molecule has 0 spiro atoms. The van der Waals surface area contributed by atoms with Crippen LogP contribution in [0.5, 0.6) is 0 Å². The second-order valence-electron chi connectivity index (χ2n) is 5.81. The van der Waals surface area contributed by atoms with E-state index in [2.05, 4.69) is 36.1 Å². The number of thiophene rings is 1. The highest BCUT2D eigenvalue weighted by molar-refractivity contribution is 9.10. The molecule has 24 heavy (non-hydrogen) atoms. The van der Waals surface area contributed by atoms with Gasteiger partial charge in [-0.3, -0.25) is 4.79 Å². The number of hydrogen-bond acceptors (Lipinski definition) is 6. The number of fused-ring (bicyclic) bond motifs is 1. The van der Waals surface area contributed by atoms with Gasteiger partial charge in [0.05, 0.1) is 10.9 Å². The fourth-order valence-corrected chi connectivity index (χ4v) is 4.12. The molecule has 0 aromatic carbocycles. The minimum absolute atomic E-state index is 0.0633. The Morgan fingerprint density at radius 1 is 1.38 bits per heavy atom. The monoisotopic (exact) mass is 406 g/mol. The van der Waals surface area contributed by atoms with Crippen LogP contribution in [0.15, 0.2) is 28.1 Å². The molecule has 0 bridgehead atoms. The van der Waals surface area contributed by atoms with E-state index in [0.29, 0.717) is 0 Å². The first kappa shape index (κ1) is 15.5. The van der Waals surface area contributed by atoms with Crippen molar-refractivity contribution in [2.45, 2.75) is 13.0 Å². The Bertz CT molecular complexity index is 916. The van der Waals surface area contributed by atoms with Crippen molar-refractivity contribution in [2.24, 2.45) is 0 Å². The molecule has 9 heteroatoms. The van der Waals surface area contributed by atoms with Crippen LogP contribution in [-0.2, 0) is 0 Å². The molecule has 0 atom stereocenters. The Balaban J connectivity index is 1.45. The summed E-state index contributed by atoms with van der Waals surface area (Å²) in [5, 5.41) is 14.6. The van der Waals surface area contributed by atoms with Gasteiger partial charge in [0.1, 0.15) is 5.82 Å². The van der Waals surface area contributed by atoms with E-state index in [0.717, 1.165) is 39.7 Å². The quantitative estimate of drug-likeness (QED) is 0.666. The summed E-state index contributed by atoms with van der Waals surface area (Å²) in [6.45, 7) is 3.42. The second-order valence-corrected chi connectivity index (χ2v) is 7.64. The molecular formula is C15H15BrN6OS. The van der Waals surface area contributed by atoms with Gasteiger partial charge < -0.3 is 9.80 Å². The van der Waals surface area contributed by atoms with E-state index in [9.17, 15) is 4.79 Å². The van der Waals surface area contributed by atoms with Gasteiger partial charge in [0.15, 0.2) is 11.5 Å². The van der Waals surface area contributed by atoms with Crippen molar-refractivity contribution in [1.82, 2.24) is 24.7 Å². The molecule has 7 nitrogen and oxygen atoms in total. The van der Waals surface area contributed by atoms with E-state index in [1.807, 2.05) is 42.5 Å². The Hall–Kier alpha value is -2.00. The summed E-state index contributed by atoms with van der Waals surface area (Å²) < 4.78 is 2.68. The molecule has 1 saturated heterocycles. The predicted molar refractivity (Wildman–Crippen MR) is 95.6 cm³/mol. The number of likely N-dealkylation sites (N-methyl/N-ethyl adjacent to an activating group) is 1. The van der Waals surface area contributed by atoms with Crippen LogP contribution in [0, 0.1) is 6.92 Å². The number of amides is 1. The maximum Gasteiger partial charge on any atom is 0.264 e. The highest BCUT2D eigenvalue weighted by Crippen LogP contribution is 2.25. The number of carbonyl (C=O) groups is 1. The van der Waals surface area contributed by atoms with Crippen LogP contribution in [0.4, 0.5) is 5.82 Å². The molecule has 1 aliphatic rings. The van der Waals surface area contributed by atoms with E-state index in [1.165, 1.54) is 11.3 Å². The summed E-state index contributed by atoms with van der Waals surface area (Å²) in [6, 6.07) is 5.91. The topological polar surface area (TPSA) is 66.6 Å². The first-order chi connectivity index (χ1) is 11.5. The molecule has 0 radical (unpaired) electrons. The highest BCUT2D eigenvalue weighted by atomic mass is 79.9. The molecule has 124 valence electrons. The largest absolute Gasteiger partial charge is 0.351 e. The van der Waals surface area contributed by atoms with Crippen LogP contribution in [0.3, 0.4) is 0 Å². The number of hydrogen-bond donors (Lipinski definition) is 0. The Morgan fingerprint density at radius 2 is 2.17 bits per heavy atom. The molecule has 1 aliphatic heterocycles. The predicted octanol–water partition coefficient (Wildman–Crippen LogP) is 2.22. The average molecular weight is 407 g/mol. The van der Waals surface area contributed by atoms with E-state index >= 15 is 0 Å². The van der Waals surface area contributed by atoms with E-state index < -0.39 is 0 Å². The third kappa shape index (κ3) is 2.57. The van der Waals surface area contributed by atoms with Crippen molar-refractivity contribution in [2.75, 3.05) is 25.0 Å². The third-order valence-corrected chi connectivity index (χ3v) is 5.92.